The van der Waals surface area contributed by atoms with E-state index >= 15 is 0 Å². The SMILES string of the molecule is CCOC(=O)C(C)/C=C\C(C)c1ccccc1. The van der Waals surface area contributed by atoms with E-state index in [1.807, 2.05) is 38.1 Å². The van der Waals surface area contributed by atoms with E-state index in [0.29, 0.717) is 12.5 Å². The standard InChI is InChI=1S/C15H20O2/c1-4-17-15(16)13(3)11-10-12(2)14-8-6-5-7-9-14/h5-13H,4H2,1-3H3/b11-10-. The van der Waals surface area contributed by atoms with E-state index in [1.54, 1.807) is 0 Å². The van der Waals surface area contributed by atoms with Crippen LogP contribution in [0.1, 0.15) is 32.3 Å². The summed E-state index contributed by atoms with van der Waals surface area (Å²) in [4.78, 5) is 11.4. The maximum atomic E-state index is 11.4. The molecule has 0 aromatic heterocycles. The van der Waals surface area contributed by atoms with Crippen molar-refractivity contribution in [1.29, 1.82) is 0 Å². The highest BCUT2D eigenvalue weighted by molar-refractivity contribution is 5.73. The lowest BCUT2D eigenvalue weighted by Gasteiger charge is -2.08. The first-order valence-electron chi connectivity index (χ1n) is 6.05. The number of ether oxygens (including phenoxy) is 1. The second-order valence-corrected chi connectivity index (χ2v) is 4.12. The third-order valence-electron chi connectivity index (χ3n) is 2.67. The number of carbonyl (C=O) groups excluding carboxylic acids is 1. The minimum absolute atomic E-state index is 0.163. The Bertz CT molecular complexity index is 368. The number of hydrogen-bond acceptors (Lipinski definition) is 2. The highest BCUT2D eigenvalue weighted by atomic mass is 16.5. The molecule has 2 heteroatoms. The van der Waals surface area contributed by atoms with Crippen molar-refractivity contribution in [3.8, 4) is 0 Å². The lowest BCUT2D eigenvalue weighted by Crippen LogP contribution is -2.12. The minimum atomic E-state index is -0.180. The Hall–Kier alpha value is -1.57. The van der Waals surface area contributed by atoms with Crippen LogP contribution in [-0.2, 0) is 9.53 Å². The Balaban J connectivity index is 2.56. The summed E-state index contributed by atoms with van der Waals surface area (Å²) in [5.41, 5.74) is 1.25. The van der Waals surface area contributed by atoms with Crippen molar-refractivity contribution in [2.24, 2.45) is 5.92 Å². The van der Waals surface area contributed by atoms with Gasteiger partial charge in [0.15, 0.2) is 0 Å². The Morgan fingerprint density at radius 2 is 1.88 bits per heavy atom. The van der Waals surface area contributed by atoms with Crippen molar-refractivity contribution in [2.45, 2.75) is 26.7 Å². The highest BCUT2D eigenvalue weighted by Crippen LogP contribution is 2.17. The number of allylic oxidation sites excluding steroid dienone is 1. The van der Waals surface area contributed by atoms with Crippen molar-refractivity contribution in [1.82, 2.24) is 0 Å². The van der Waals surface area contributed by atoms with E-state index in [2.05, 4.69) is 25.1 Å². The molecule has 2 atom stereocenters. The molecule has 1 aromatic rings. The Morgan fingerprint density at radius 3 is 2.47 bits per heavy atom. The summed E-state index contributed by atoms with van der Waals surface area (Å²) in [5, 5.41) is 0. The van der Waals surface area contributed by atoms with Crippen molar-refractivity contribution in [3.05, 3.63) is 48.0 Å². The van der Waals surface area contributed by atoms with Crippen LogP contribution >= 0.6 is 0 Å². The quantitative estimate of drug-likeness (QED) is 0.573. The van der Waals surface area contributed by atoms with E-state index in [1.165, 1.54) is 5.56 Å². The number of esters is 1. The summed E-state index contributed by atoms with van der Waals surface area (Å²) in [5.74, 6) is -0.0294. The maximum Gasteiger partial charge on any atom is 0.312 e. The second-order valence-electron chi connectivity index (χ2n) is 4.12. The van der Waals surface area contributed by atoms with E-state index in [4.69, 9.17) is 4.74 Å². The molecule has 2 nitrogen and oxygen atoms in total. The zero-order valence-electron chi connectivity index (χ0n) is 10.7. The molecule has 0 spiro atoms. The minimum Gasteiger partial charge on any atom is -0.466 e. The first-order valence-corrected chi connectivity index (χ1v) is 6.05. The Kier molecular flexibility index (Phi) is 5.47. The van der Waals surface area contributed by atoms with Crippen LogP contribution in [0.2, 0.25) is 0 Å². The Labute approximate surface area is 103 Å². The highest BCUT2D eigenvalue weighted by Gasteiger charge is 2.10. The molecule has 0 aliphatic heterocycles. The normalized spacial score (nSPS) is 14.5. The summed E-state index contributed by atoms with van der Waals surface area (Å²) >= 11 is 0. The molecule has 1 aromatic carbocycles. The molecule has 0 fully saturated rings. The molecule has 0 radical (unpaired) electrons. The van der Waals surface area contributed by atoms with Gasteiger partial charge >= 0.3 is 5.97 Å². The van der Waals surface area contributed by atoms with Gasteiger partial charge in [-0.25, -0.2) is 0 Å². The fourth-order valence-electron chi connectivity index (χ4n) is 1.55. The van der Waals surface area contributed by atoms with Gasteiger partial charge in [-0.05, 0) is 25.3 Å². The number of carbonyl (C=O) groups is 1. The average Bonchev–Trinajstić information content (AvgIpc) is 2.36. The largest absolute Gasteiger partial charge is 0.466 e. The molecule has 2 unspecified atom stereocenters. The molecule has 0 aliphatic carbocycles. The van der Waals surface area contributed by atoms with Crippen molar-refractivity contribution in [2.75, 3.05) is 6.61 Å². The molecule has 0 heterocycles. The summed E-state index contributed by atoms with van der Waals surface area (Å²) in [6, 6.07) is 10.2. The third-order valence-corrected chi connectivity index (χ3v) is 2.67. The first kappa shape index (κ1) is 13.5. The molecule has 17 heavy (non-hydrogen) atoms. The lowest BCUT2D eigenvalue weighted by atomic mass is 9.99. The molecule has 0 saturated carbocycles. The second kappa shape index (κ2) is 6.89. The summed E-state index contributed by atoms with van der Waals surface area (Å²) in [6.45, 7) is 6.22. The molecular formula is C15H20O2. The van der Waals surface area contributed by atoms with Gasteiger partial charge in [0.05, 0.1) is 12.5 Å². The smallest absolute Gasteiger partial charge is 0.312 e. The predicted octanol–water partition coefficient (Wildman–Crippen LogP) is 3.55. The third kappa shape index (κ3) is 4.43. The summed E-state index contributed by atoms with van der Waals surface area (Å²) in [7, 11) is 0. The lowest BCUT2D eigenvalue weighted by molar-refractivity contribution is -0.145. The number of hydrogen-bond donors (Lipinski definition) is 0. The van der Waals surface area contributed by atoms with E-state index in [0.717, 1.165) is 0 Å². The average molecular weight is 232 g/mol. The fourth-order valence-corrected chi connectivity index (χ4v) is 1.55. The van der Waals surface area contributed by atoms with E-state index in [9.17, 15) is 4.79 Å². The van der Waals surface area contributed by atoms with Crippen LogP contribution in [0, 0.1) is 5.92 Å². The molecule has 92 valence electrons. The molecule has 0 aliphatic rings. The van der Waals surface area contributed by atoms with Crippen molar-refractivity contribution < 1.29 is 9.53 Å². The van der Waals surface area contributed by atoms with Gasteiger partial charge in [-0.1, -0.05) is 49.4 Å². The first-order chi connectivity index (χ1) is 8.15. The zero-order valence-corrected chi connectivity index (χ0v) is 10.7. The maximum absolute atomic E-state index is 11.4. The van der Waals surface area contributed by atoms with Gasteiger partial charge in [0.2, 0.25) is 0 Å². The molecule has 0 N–H and O–H groups in total. The van der Waals surface area contributed by atoms with Crippen LogP contribution in [0.15, 0.2) is 42.5 Å². The van der Waals surface area contributed by atoms with Gasteiger partial charge in [0.1, 0.15) is 0 Å². The molecule has 0 bridgehead atoms. The molecule has 1 rings (SSSR count). The van der Waals surface area contributed by atoms with Crippen LogP contribution < -0.4 is 0 Å². The van der Waals surface area contributed by atoms with Gasteiger partial charge < -0.3 is 4.74 Å². The number of benzene rings is 1. The summed E-state index contributed by atoms with van der Waals surface area (Å²) in [6.07, 6.45) is 3.96. The van der Waals surface area contributed by atoms with E-state index in [-0.39, 0.29) is 11.9 Å². The van der Waals surface area contributed by atoms with E-state index < -0.39 is 0 Å². The topological polar surface area (TPSA) is 26.3 Å². The molecular weight excluding hydrogens is 212 g/mol. The van der Waals surface area contributed by atoms with Crippen LogP contribution in [0.25, 0.3) is 0 Å². The predicted molar refractivity (Wildman–Crippen MR) is 69.8 cm³/mol. The van der Waals surface area contributed by atoms with Gasteiger partial charge in [-0.3, -0.25) is 4.79 Å². The van der Waals surface area contributed by atoms with Crippen LogP contribution in [-0.4, -0.2) is 12.6 Å². The summed E-state index contributed by atoms with van der Waals surface area (Å²) < 4.78 is 4.95. The van der Waals surface area contributed by atoms with Crippen LogP contribution in [0.4, 0.5) is 0 Å². The van der Waals surface area contributed by atoms with Gasteiger partial charge in [0.25, 0.3) is 0 Å². The Morgan fingerprint density at radius 1 is 1.24 bits per heavy atom. The van der Waals surface area contributed by atoms with Crippen LogP contribution in [0.3, 0.4) is 0 Å². The van der Waals surface area contributed by atoms with Crippen molar-refractivity contribution in [3.63, 3.8) is 0 Å². The fraction of sp³-hybridized carbons (Fsp3) is 0.400. The van der Waals surface area contributed by atoms with Gasteiger partial charge in [-0.15, -0.1) is 0 Å². The molecule has 0 saturated heterocycles. The number of rotatable bonds is 5. The monoisotopic (exact) mass is 232 g/mol. The van der Waals surface area contributed by atoms with Gasteiger partial charge in [-0.2, -0.15) is 0 Å². The van der Waals surface area contributed by atoms with Crippen LogP contribution in [0.5, 0.6) is 0 Å². The van der Waals surface area contributed by atoms with Gasteiger partial charge in [0, 0.05) is 0 Å². The van der Waals surface area contributed by atoms with Crippen molar-refractivity contribution >= 4 is 5.97 Å². The zero-order chi connectivity index (χ0) is 12.7. The molecule has 0 amide bonds.